The van der Waals surface area contributed by atoms with Crippen molar-refractivity contribution in [3.63, 3.8) is 0 Å². The average Bonchev–Trinajstić information content (AvgIpc) is 2.35. The van der Waals surface area contributed by atoms with E-state index >= 15 is 0 Å². The number of sulfonamides is 1. The van der Waals surface area contributed by atoms with Gasteiger partial charge in [0.2, 0.25) is 10.0 Å². The molecule has 0 aromatic rings. The summed E-state index contributed by atoms with van der Waals surface area (Å²) in [7, 11) is -3.20. The van der Waals surface area contributed by atoms with Crippen LogP contribution in [0.3, 0.4) is 0 Å². The van der Waals surface area contributed by atoms with Gasteiger partial charge in [-0.1, -0.05) is 0 Å². The highest BCUT2D eigenvalue weighted by atomic mass is 32.2. The van der Waals surface area contributed by atoms with E-state index < -0.39 is 15.3 Å². The van der Waals surface area contributed by atoms with Crippen LogP contribution < -0.4 is 0 Å². The van der Waals surface area contributed by atoms with E-state index in [0.29, 0.717) is 13.0 Å². The smallest absolute Gasteiger partial charge is 0.216 e. The second-order valence-corrected chi connectivity index (χ2v) is 5.71. The van der Waals surface area contributed by atoms with Crippen molar-refractivity contribution in [3.05, 3.63) is 0 Å². The van der Waals surface area contributed by atoms with Crippen LogP contribution in [0, 0.1) is 0 Å². The van der Waals surface area contributed by atoms with Crippen LogP contribution in [0.25, 0.3) is 0 Å². The van der Waals surface area contributed by atoms with Gasteiger partial charge in [0.05, 0.1) is 11.8 Å². The molecule has 1 rings (SSSR count). The van der Waals surface area contributed by atoms with Crippen molar-refractivity contribution >= 4 is 15.8 Å². The van der Waals surface area contributed by atoms with Gasteiger partial charge in [-0.15, -0.1) is 0 Å². The zero-order chi connectivity index (χ0) is 9.35. The third kappa shape index (κ3) is 1.67. The molecule has 0 aliphatic carbocycles. The Labute approximate surface area is 72.6 Å². The van der Waals surface area contributed by atoms with Gasteiger partial charge >= 0.3 is 0 Å². The van der Waals surface area contributed by atoms with Crippen LogP contribution in [0.5, 0.6) is 0 Å². The molecule has 0 spiro atoms. The lowest BCUT2D eigenvalue weighted by Crippen LogP contribution is -2.34. The summed E-state index contributed by atoms with van der Waals surface area (Å²) in [5, 5.41) is -0.427. The molecule has 70 valence electrons. The molecule has 0 N–H and O–H groups in total. The van der Waals surface area contributed by atoms with Crippen LogP contribution in [0.4, 0.5) is 0 Å². The molecule has 0 saturated carbocycles. The molecular weight excluding hydrogens is 178 g/mol. The lowest BCUT2D eigenvalue weighted by atomic mass is 10.4. The van der Waals surface area contributed by atoms with Crippen molar-refractivity contribution in [1.29, 1.82) is 0 Å². The third-order valence-electron chi connectivity index (χ3n) is 1.95. The lowest BCUT2D eigenvalue weighted by molar-refractivity contribution is -0.116. The molecule has 1 aliphatic heterocycles. The summed E-state index contributed by atoms with van der Waals surface area (Å²) in [6.45, 7) is 3.68. The molecule has 0 aromatic carbocycles. The molecule has 0 atom stereocenters. The fourth-order valence-corrected chi connectivity index (χ4v) is 2.39. The predicted molar refractivity (Wildman–Crippen MR) is 45.3 cm³/mol. The van der Waals surface area contributed by atoms with Gasteiger partial charge < -0.3 is 0 Å². The summed E-state index contributed by atoms with van der Waals surface area (Å²) < 4.78 is 24.2. The maximum atomic E-state index is 11.5. The largest absolute Gasteiger partial charge is 0.298 e. The maximum Gasteiger partial charge on any atom is 0.216 e. The van der Waals surface area contributed by atoms with Crippen LogP contribution >= 0.6 is 0 Å². The number of hydrogen-bond acceptors (Lipinski definition) is 3. The Morgan fingerprint density at radius 3 is 2.33 bits per heavy atom. The van der Waals surface area contributed by atoms with Crippen LogP contribution in [0.2, 0.25) is 0 Å². The second-order valence-electron chi connectivity index (χ2n) is 3.22. The first-order valence-corrected chi connectivity index (χ1v) is 5.45. The first-order valence-electron chi connectivity index (χ1n) is 3.95. The Kier molecular flexibility index (Phi) is 2.53. The van der Waals surface area contributed by atoms with Crippen molar-refractivity contribution < 1.29 is 13.2 Å². The van der Waals surface area contributed by atoms with Gasteiger partial charge in [-0.05, 0) is 13.8 Å². The van der Waals surface area contributed by atoms with Gasteiger partial charge in [0.1, 0.15) is 5.78 Å². The number of carbonyl (C=O) groups is 1. The van der Waals surface area contributed by atoms with Crippen LogP contribution in [-0.4, -0.2) is 36.8 Å². The van der Waals surface area contributed by atoms with E-state index in [-0.39, 0.29) is 12.3 Å². The lowest BCUT2D eigenvalue weighted by Gasteiger charge is -2.16. The van der Waals surface area contributed by atoms with Crippen molar-refractivity contribution in [2.24, 2.45) is 0 Å². The quantitative estimate of drug-likeness (QED) is 0.617. The van der Waals surface area contributed by atoms with Gasteiger partial charge in [0.25, 0.3) is 0 Å². The Bertz CT molecular complexity index is 281. The van der Waals surface area contributed by atoms with E-state index in [0.717, 1.165) is 0 Å². The number of carbonyl (C=O) groups excluding carboxylic acids is 1. The second kappa shape index (κ2) is 3.14. The molecule has 4 nitrogen and oxygen atoms in total. The van der Waals surface area contributed by atoms with Crippen molar-refractivity contribution in [2.45, 2.75) is 25.5 Å². The standard InChI is InChI=1S/C7H13NO3S/c1-6(2)12(10,11)8-4-3-7(9)5-8/h6H,3-5H2,1-2H3. The molecule has 0 aromatic heterocycles. The number of Topliss-reactive ketones (excluding diaryl/α,β-unsaturated/α-hetero) is 1. The first-order chi connectivity index (χ1) is 5.44. The minimum atomic E-state index is -3.20. The van der Waals surface area contributed by atoms with E-state index in [1.54, 1.807) is 13.8 Å². The SMILES string of the molecule is CC(C)S(=O)(=O)N1CCC(=O)C1. The van der Waals surface area contributed by atoms with Gasteiger partial charge in [0.15, 0.2) is 0 Å². The van der Waals surface area contributed by atoms with E-state index in [1.807, 2.05) is 0 Å². The number of rotatable bonds is 2. The summed E-state index contributed by atoms with van der Waals surface area (Å²) in [5.74, 6) is 0.0132. The van der Waals surface area contributed by atoms with Gasteiger partial charge in [-0.25, -0.2) is 8.42 Å². The fourth-order valence-electron chi connectivity index (χ4n) is 1.12. The molecule has 0 amide bonds. The fraction of sp³-hybridized carbons (Fsp3) is 0.857. The number of nitrogens with zero attached hydrogens (tertiary/aromatic N) is 1. The summed E-state index contributed by atoms with van der Waals surface area (Å²) in [5.41, 5.74) is 0. The highest BCUT2D eigenvalue weighted by molar-refractivity contribution is 7.89. The van der Waals surface area contributed by atoms with Gasteiger partial charge in [-0.3, -0.25) is 4.79 Å². The van der Waals surface area contributed by atoms with Gasteiger partial charge in [-0.2, -0.15) is 4.31 Å². The summed E-state index contributed by atoms with van der Waals surface area (Å²) in [6, 6.07) is 0. The monoisotopic (exact) mass is 191 g/mol. The third-order valence-corrected chi connectivity index (χ3v) is 4.17. The number of hydrogen-bond donors (Lipinski definition) is 0. The van der Waals surface area contributed by atoms with E-state index in [4.69, 9.17) is 0 Å². The summed E-state index contributed by atoms with van der Waals surface area (Å²) in [6.07, 6.45) is 0.367. The normalized spacial score (nSPS) is 20.8. The molecule has 12 heavy (non-hydrogen) atoms. The molecule has 1 fully saturated rings. The number of ketones is 1. The van der Waals surface area contributed by atoms with E-state index in [1.165, 1.54) is 4.31 Å². The van der Waals surface area contributed by atoms with Crippen molar-refractivity contribution in [1.82, 2.24) is 4.31 Å². The first kappa shape index (κ1) is 9.67. The molecule has 5 heteroatoms. The zero-order valence-corrected chi connectivity index (χ0v) is 8.10. The van der Waals surface area contributed by atoms with E-state index in [2.05, 4.69) is 0 Å². The van der Waals surface area contributed by atoms with Crippen molar-refractivity contribution in [2.75, 3.05) is 13.1 Å². The zero-order valence-electron chi connectivity index (χ0n) is 7.28. The highest BCUT2D eigenvalue weighted by Gasteiger charge is 2.31. The minimum absolute atomic E-state index is 0.0132. The highest BCUT2D eigenvalue weighted by Crippen LogP contribution is 2.14. The predicted octanol–water partition coefficient (Wildman–Crippen LogP) is -0.000600. The Balaban J connectivity index is 2.78. The summed E-state index contributed by atoms with van der Waals surface area (Å²) >= 11 is 0. The molecule has 0 radical (unpaired) electrons. The van der Waals surface area contributed by atoms with Crippen LogP contribution in [0.1, 0.15) is 20.3 Å². The topological polar surface area (TPSA) is 54.5 Å². The van der Waals surface area contributed by atoms with Crippen molar-refractivity contribution in [3.8, 4) is 0 Å². The Hall–Kier alpha value is -0.420. The molecule has 0 unspecified atom stereocenters. The Morgan fingerprint density at radius 1 is 1.42 bits per heavy atom. The molecule has 0 bridgehead atoms. The Morgan fingerprint density at radius 2 is 2.00 bits per heavy atom. The van der Waals surface area contributed by atoms with E-state index in [9.17, 15) is 13.2 Å². The summed E-state index contributed by atoms with van der Waals surface area (Å²) in [4.78, 5) is 10.8. The van der Waals surface area contributed by atoms with Crippen LogP contribution in [0.15, 0.2) is 0 Å². The molecule has 1 aliphatic rings. The van der Waals surface area contributed by atoms with Gasteiger partial charge in [0, 0.05) is 13.0 Å². The molecular formula is C7H13NO3S. The minimum Gasteiger partial charge on any atom is -0.298 e. The maximum absolute atomic E-state index is 11.5. The van der Waals surface area contributed by atoms with Crippen LogP contribution in [-0.2, 0) is 14.8 Å². The molecule has 1 heterocycles. The average molecular weight is 191 g/mol. The molecule has 1 saturated heterocycles.